The monoisotopic (exact) mass is 309 g/mol. The molecule has 0 saturated heterocycles. The highest BCUT2D eigenvalue weighted by Gasteiger charge is 2.11. The molecule has 1 atom stereocenters. The van der Waals surface area contributed by atoms with Crippen molar-refractivity contribution in [1.29, 1.82) is 0 Å². The molecular weight excluding hydrogens is 294 g/mol. The van der Waals surface area contributed by atoms with Gasteiger partial charge in [0.05, 0.1) is 0 Å². The summed E-state index contributed by atoms with van der Waals surface area (Å²) in [7, 11) is 0. The van der Waals surface area contributed by atoms with E-state index >= 15 is 0 Å². The first kappa shape index (κ1) is 13.5. The topological polar surface area (TPSA) is 26.0 Å². The van der Waals surface area contributed by atoms with Gasteiger partial charge in [0.15, 0.2) is 0 Å². The van der Waals surface area contributed by atoms with Crippen molar-refractivity contribution in [2.75, 3.05) is 0 Å². The molecule has 0 spiro atoms. The van der Waals surface area contributed by atoms with Gasteiger partial charge in [0.25, 0.3) is 0 Å². The van der Waals surface area contributed by atoms with Crippen LogP contribution in [0.3, 0.4) is 0 Å². The summed E-state index contributed by atoms with van der Waals surface area (Å²) in [6.45, 7) is 2.22. The molecule has 1 nitrogen and oxygen atoms in total. The van der Waals surface area contributed by atoms with Gasteiger partial charge in [0.2, 0.25) is 0 Å². The van der Waals surface area contributed by atoms with Crippen LogP contribution in [0.1, 0.15) is 49.9 Å². The van der Waals surface area contributed by atoms with E-state index in [4.69, 9.17) is 17.3 Å². The lowest BCUT2D eigenvalue weighted by atomic mass is 10.1. The Labute approximate surface area is 109 Å². The first-order chi connectivity index (χ1) is 7.15. The Kier molecular flexibility index (Phi) is 6.20. The van der Waals surface area contributed by atoms with Gasteiger partial charge in [0.1, 0.15) is 4.34 Å². The van der Waals surface area contributed by atoms with Crippen LogP contribution in [0.4, 0.5) is 0 Å². The largest absolute Gasteiger partial charge is 0.323 e. The van der Waals surface area contributed by atoms with E-state index in [0.29, 0.717) is 0 Å². The van der Waals surface area contributed by atoms with E-state index in [1.165, 1.54) is 30.6 Å². The van der Waals surface area contributed by atoms with Gasteiger partial charge in [-0.1, -0.05) is 44.2 Å². The zero-order valence-electron chi connectivity index (χ0n) is 8.93. The lowest BCUT2D eigenvalue weighted by Crippen LogP contribution is -2.08. The van der Waals surface area contributed by atoms with Crippen molar-refractivity contribution in [3.05, 3.63) is 19.8 Å². The van der Waals surface area contributed by atoms with Gasteiger partial charge in [-0.3, -0.25) is 0 Å². The van der Waals surface area contributed by atoms with Crippen LogP contribution >= 0.6 is 38.9 Å². The molecule has 1 unspecified atom stereocenters. The Balaban J connectivity index is 2.36. The van der Waals surface area contributed by atoms with E-state index in [2.05, 4.69) is 22.9 Å². The molecule has 1 heterocycles. The highest BCUT2D eigenvalue weighted by molar-refractivity contribution is 9.10. The molecular formula is C11H17BrClNS. The number of hydrogen-bond acceptors (Lipinski definition) is 2. The standard InChI is InChI=1S/C11H17BrClNS/c1-2-3-4-5-6-9(14)10-7-8(12)11(13)15-10/h7,9H,2-6,14H2,1H3. The third-order valence-electron chi connectivity index (χ3n) is 2.40. The molecule has 1 aromatic rings. The quantitative estimate of drug-likeness (QED) is 0.724. The van der Waals surface area contributed by atoms with Crippen LogP contribution in [-0.2, 0) is 0 Å². The summed E-state index contributed by atoms with van der Waals surface area (Å²) in [5, 5.41) is 0. The Morgan fingerprint density at radius 1 is 1.47 bits per heavy atom. The number of thiophene rings is 1. The van der Waals surface area contributed by atoms with Crippen LogP contribution in [0.2, 0.25) is 4.34 Å². The van der Waals surface area contributed by atoms with E-state index < -0.39 is 0 Å². The zero-order valence-corrected chi connectivity index (χ0v) is 12.1. The molecule has 0 amide bonds. The first-order valence-corrected chi connectivity index (χ1v) is 7.34. The fourth-order valence-electron chi connectivity index (χ4n) is 1.48. The van der Waals surface area contributed by atoms with E-state index in [9.17, 15) is 0 Å². The normalized spacial score (nSPS) is 13.1. The van der Waals surface area contributed by atoms with E-state index in [1.807, 2.05) is 6.07 Å². The first-order valence-electron chi connectivity index (χ1n) is 5.35. The average Bonchev–Trinajstić information content (AvgIpc) is 2.54. The van der Waals surface area contributed by atoms with Crippen LogP contribution in [-0.4, -0.2) is 0 Å². The number of hydrogen-bond donors (Lipinski definition) is 1. The predicted octanol–water partition coefficient (Wildman–Crippen LogP) is 5.13. The number of unbranched alkanes of at least 4 members (excludes halogenated alkanes) is 3. The Morgan fingerprint density at radius 3 is 2.73 bits per heavy atom. The summed E-state index contributed by atoms with van der Waals surface area (Å²) in [6, 6.07) is 2.19. The van der Waals surface area contributed by atoms with Crippen molar-refractivity contribution in [1.82, 2.24) is 0 Å². The van der Waals surface area contributed by atoms with Crippen molar-refractivity contribution in [3.63, 3.8) is 0 Å². The molecule has 4 heteroatoms. The molecule has 0 aliphatic rings. The second-order valence-corrected chi connectivity index (χ2v) is 6.27. The minimum absolute atomic E-state index is 0.149. The predicted molar refractivity (Wildman–Crippen MR) is 72.7 cm³/mol. The lowest BCUT2D eigenvalue weighted by Gasteiger charge is -2.08. The molecule has 0 aliphatic carbocycles. The summed E-state index contributed by atoms with van der Waals surface area (Å²) in [4.78, 5) is 1.18. The van der Waals surface area contributed by atoms with Gasteiger partial charge in [-0.25, -0.2) is 0 Å². The molecule has 0 saturated carbocycles. The molecule has 0 bridgehead atoms. The number of halogens is 2. The van der Waals surface area contributed by atoms with Crippen molar-refractivity contribution in [2.24, 2.45) is 5.73 Å². The van der Waals surface area contributed by atoms with Crippen molar-refractivity contribution in [3.8, 4) is 0 Å². The van der Waals surface area contributed by atoms with E-state index in [0.717, 1.165) is 15.2 Å². The average molecular weight is 311 g/mol. The number of rotatable bonds is 6. The Hall–Kier alpha value is 0.430. The fraction of sp³-hybridized carbons (Fsp3) is 0.636. The molecule has 86 valence electrons. The third kappa shape index (κ3) is 4.43. The van der Waals surface area contributed by atoms with Crippen LogP contribution in [0, 0.1) is 0 Å². The molecule has 0 fully saturated rings. The minimum atomic E-state index is 0.149. The summed E-state index contributed by atoms with van der Waals surface area (Å²) in [5.74, 6) is 0. The van der Waals surface area contributed by atoms with Crippen molar-refractivity contribution >= 4 is 38.9 Å². The van der Waals surface area contributed by atoms with Crippen LogP contribution < -0.4 is 5.73 Å². The van der Waals surface area contributed by atoms with Crippen LogP contribution in [0.5, 0.6) is 0 Å². The highest BCUT2D eigenvalue weighted by Crippen LogP contribution is 2.35. The lowest BCUT2D eigenvalue weighted by molar-refractivity contribution is 0.571. The van der Waals surface area contributed by atoms with Crippen LogP contribution in [0.25, 0.3) is 0 Å². The van der Waals surface area contributed by atoms with Gasteiger partial charge in [-0.05, 0) is 28.4 Å². The van der Waals surface area contributed by atoms with Crippen LogP contribution in [0.15, 0.2) is 10.5 Å². The van der Waals surface area contributed by atoms with E-state index in [-0.39, 0.29) is 6.04 Å². The SMILES string of the molecule is CCCCCCC(N)c1cc(Br)c(Cl)s1. The summed E-state index contributed by atoms with van der Waals surface area (Å²) in [6.07, 6.45) is 6.13. The molecule has 0 aliphatic heterocycles. The van der Waals surface area contributed by atoms with Crippen molar-refractivity contribution in [2.45, 2.75) is 45.1 Å². The Morgan fingerprint density at radius 2 is 2.20 bits per heavy atom. The zero-order chi connectivity index (χ0) is 11.3. The van der Waals surface area contributed by atoms with Gasteiger partial charge in [0, 0.05) is 15.4 Å². The van der Waals surface area contributed by atoms with Crippen molar-refractivity contribution < 1.29 is 0 Å². The molecule has 0 radical (unpaired) electrons. The van der Waals surface area contributed by atoms with Gasteiger partial charge in [-0.15, -0.1) is 11.3 Å². The summed E-state index contributed by atoms with van der Waals surface area (Å²) >= 11 is 11.0. The summed E-state index contributed by atoms with van der Waals surface area (Å²) in [5.41, 5.74) is 6.09. The van der Waals surface area contributed by atoms with Gasteiger partial charge in [-0.2, -0.15) is 0 Å². The van der Waals surface area contributed by atoms with Gasteiger partial charge >= 0.3 is 0 Å². The molecule has 1 aromatic heterocycles. The smallest absolute Gasteiger partial charge is 0.107 e. The van der Waals surface area contributed by atoms with Gasteiger partial charge < -0.3 is 5.73 Å². The maximum atomic E-state index is 6.09. The highest BCUT2D eigenvalue weighted by atomic mass is 79.9. The molecule has 1 rings (SSSR count). The second kappa shape index (κ2) is 6.89. The molecule has 2 N–H and O–H groups in total. The number of nitrogens with two attached hydrogens (primary N) is 1. The third-order valence-corrected chi connectivity index (χ3v) is 5.00. The minimum Gasteiger partial charge on any atom is -0.323 e. The fourth-order valence-corrected chi connectivity index (χ4v) is 3.25. The second-order valence-electron chi connectivity index (χ2n) is 3.73. The maximum Gasteiger partial charge on any atom is 0.107 e. The Bertz CT molecular complexity index is 281. The summed E-state index contributed by atoms with van der Waals surface area (Å²) < 4.78 is 1.77. The van der Waals surface area contributed by atoms with E-state index in [1.54, 1.807) is 11.3 Å². The maximum absolute atomic E-state index is 6.09. The molecule has 0 aromatic carbocycles. The molecule has 15 heavy (non-hydrogen) atoms.